The van der Waals surface area contributed by atoms with E-state index in [1.54, 1.807) is 31.2 Å². The summed E-state index contributed by atoms with van der Waals surface area (Å²) in [5.41, 5.74) is 3.95. The molecule has 0 aliphatic carbocycles. The predicted molar refractivity (Wildman–Crippen MR) is 156 cm³/mol. The van der Waals surface area contributed by atoms with Gasteiger partial charge in [-0.1, -0.05) is 67.1 Å². The fourth-order valence-electron chi connectivity index (χ4n) is 4.16. The van der Waals surface area contributed by atoms with Crippen molar-refractivity contribution in [2.24, 2.45) is 0 Å². The van der Waals surface area contributed by atoms with Crippen molar-refractivity contribution in [3.8, 4) is 0 Å². The van der Waals surface area contributed by atoms with Crippen LogP contribution in [-0.2, 0) is 26.2 Å². The second-order valence-electron chi connectivity index (χ2n) is 10.1. The van der Waals surface area contributed by atoms with Crippen LogP contribution in [0.3, 0.4) is 0 Å². The van der Waals surface area contributed by atoms with Crippen LogP contribution in [0.15, 0.2) is 77.7 Å². The van der Waals surface area contributed by atoms with Gasteiger partial charge in [-0.05, 0) is 75.9 Å². The number of hydrogen-bond donors (Lipinski definition) is 1. The van der Waals surface area contributed by atoms with Gasteiger partial charge in [0.25, 0.3) is 10.0 Å². The van der Waals surface area contributed by atoms with Gasteiger partial charge < -0.3 is 10.2 Å². The van der Waals surface area contributed by atoms with Crippen LogP contribution in [0.25, 0.3) is 0 Å². The Morgan fingerprint density at radius 1 is 0.872 bits per heavy atom. The van der Waals surface area contributed by atoms with E-state index in [-0.39, 0.29) is 23.4 Å². The molecule has 39 heavy (non-hydrogen) atoms. The van der Waals surface area contributed by atoms with Crippen LogP contribution in [-0.4, -0.2) is 43.8 Å². The van der Waals surface area contributed by atoms with Gasteiger partial charge in [0.2, 0.25) is 11.8 Å². The van der Waals surface area contributed by atoms with E-state index in [4.69, 9.17) is 0 Å². The van der Waals surface area contributed by atoms with Crippen molar-refractivity contribution in [2.45, 2.75) is 71.5 Å². The Morgan fingerprint density at radius 3 is 2.10 bits per heavy atom. The summed E-state index contributed by atoms with van der Waals surface area (Å²) < 4.78 is 29.0. The first-order chi connectivity index (χ1) is 18.4. The van der Waals surface area contributed by atoms with Gasteiger partial charge in [-0.2, -0.15) is 0 Å². The zero-order valence-corrected chi connectivity index (χ0v) is 24.5. The highest BCUT2D eigenvalue weighted by atomic mass is 32.2. The minimum Gasteiger partial charge on any atom is -0.352 e. The maximum Gasteiger partial charge on any atom is 0.264 e. The smallest absolute Gasteiger partial charge is 0.264 e. The molecule has 2 amide bonds. The fourth-order valence-corrected chi connectivity index (χ4v) is 5.65. The first-order valence-corrected chi connectivity index (χ1v) is 14.7. The van der Waals surface area contributed by atoms with Crippen molar-refractivity contribution in [2.75, 3.05) is 10.8 Å². The summed E-state index contributed by atoms with van der Waals surface area (Å²) in [6.45, 7) is 11.0. The molecule has 0 aliphatic heterocycles. The molecule has 3 aromatic carbocycles. The van der Waals surface area contributed by atoms with Gasteiger partial charge in [0.05, 0.1) is 10.6 Å². The van der Waals surface area contributed by atoms with E-state index < -0.39 is 28.5 Å². The topological polar surface area (TPSA) is 86.8 Å². The highest BCUT2D eigenvalue weighted by molar-refractivity contribution is 7.92. The van der Waals surface area contributed by atoms with Crippen LogP contribution in [0.1, 0.15) is 49.4 Å². The van der Waals surface area contributed by atoms with Crippen LogP contribution in [0, 0.1) is 20.8 Å². The number of nitrogens with one attached hydrogen (secondary N) is 1. The van der Waals surface area contributed by atoms with Crippen LogP contribution in [0.4, 0.5) is 5.69 Å². The van der Waals surface area contributed by atoms with E-state index in [0.717, 1.165) is 33.0 Å². The normalized spacial score (nSPS) is 12.9. The number of nitrogens with zero attached hydrogens (tertiary/aromatic N) is 2. The number of carbonyl (C=O) groups is 2. The van der Waals surface area contributed by atoms with Crippen molar-refractivity contribution >= 4 is 27.5 Å². The van der Waals surface area contributed by atoms with E-state index in [9.17, 15) is 18.0 Å². The number of sulfonamides is 1. The first-order valence-electron chi connectivity index (χ1n) is 13.2. The first kappa shape index (κ1) is 29.9. The molecule has 8 heteroatoms. The average Bonchev–Trinajstić information content (AvgIpc) is 2.92. The van der Waals surface area contributed by atoms with Gasteiger partial charge in [-0.3, -0.25) is 13.9 Å². The van der Waals surface area contributed by atoms with E-state index in [1.807, 2.05) is 71.0 Å². The Morgan fingerprint density at radius 2 is 1.49 bits per heavy atom. The molecule has 7 nitrogen and oxygen atoms in total. The molecule has 3 aromatic rings. The maximum absolute atomic E-state index is 14.0. The van der Waals surface area contributed by atoms with Crippen LogP contribution < -0.4 is 9.62 Å². The third-order valence-electron chi connectivity index (χ3n) is 6.89. The van der Waals surface area contributed by atoms with Gasteiger partial charge in [0, 0.05) is 12.6 Å². The lowest BCUT2D eigenvalue weighted by Crippen LogP contribution is -2.52. The molecule has 208 valence electrons. The Labute approximate surface area is 232 Å². The van der Waals surface area contributed by atoms with Crippen molar-refractivity contribution in [1.29, 1.82) is 0 Å². The standard InChI is InChI=1S/C31H39N3O4S/c1-7-25(5)32-31(36)26(6)33(20-27-17-14-22(2)15-18-27)30(35)21-34(29-19-23(3)13-16-24(29)4)39(37,38)28-11-9-8-10-12-28/h8-19,25-26H,7,20-21H2,1-6H3,(H,32,36)/t25-,26+/m0/s1. The fraction of sp³-hybridized carbons (Fsp3) is 0.355. The van der Waals surface area contributed by atoms with Crippen molar-refractivity contribution in [1.82, 2.24) is 10.2 Å². The van der Waals surface area contributed by atoms with Crippen molar-refractivity contribution in [3.05, 3.63) is 95.1 Å². The summed E-state index contributed by atoms with van der Waals surface area (Å²) in [5, 5.41) is 2.95. The van der Waals surface area contributed by atoms with E-state index >= 15 is 0 Å². The highest BCUT2D eigenvalue weighted by Crippen LogP contribution is 2.28. The van der Waals surface area contributed by atoms with Gasteiger partial charge in [-0.15, -0.1) is 0 Å². The Balaban J connectivity index is 2.05. The molecule has 2 atom stereocenters. The molecule has 0 saturated carbocycles. The minimum absolute atomic E-state index is 0.0545. The number of hydrogen-bond acceptors (Lipinski definition) is 4. The van der Waals surface area contributed by atoms with Crippen LogP contribution in [0.5, 0.6) is 0 Å². The molecule has 0 unspecified atom stereocenters. The second-order valence-corrected chi connectivity index (χ2v) is 12.0. The van der Waals surface area contributed by atoms with Gasteiger partial charge in [0.15, 0.2) is 0 Å². The molecular weight excluding hydrogens is 510 g/mol. The number of amides is 2. The molecule has 0 bridgehead atoms. The molecule has 0 aliphatic rings. The third kappa shape index (κ3) is 7.47. The Bertz CT molecular complexity index is 1390. The largest absolute Gasteiger partial charge is 0.352 e. The Hall–Kier alpha value is -3.65. The summed E-state index contributed by atoms with van der Waals surface area (Å²) >= 11 is 0. The number of rotatable bonds is 11. The lowest BCUT2D eigenvalue weighted by atomic mass is 10.1. The molecule has 3 rings (SSSR count). The summed E-state index contributed by atoms with van der Waals surface area (Å²) in [6.07, 6.45) is 0.750. The molecule has 0 spiro atoms. The second kappa shape index (κ2) is 12.9. The third-order valence-corrected chi connectivity index (χ3v) is 8.66. The summed E-state index contributed by atoms with van der Waals surface area (Å²) in [6, 6.07) is 20.5. The van der Waals surface area contributed by atoms with Crippen molar-refractivity contribution < 1.29 is 18.0 Å². The highest BCUT2D eigenvalue weighted by Gasteiger charge is 2.33. The number of anilines is 1. The Kier molecular flexibility index (Phi) is 9.92. The zero-order valence-electron chi connectivity index (χ0n) is 23.6. The molecule has 0 saturated heterocycles. The summed E-state index contributed by atoms with van der Waals surface area (Å²) in [5.74, 6) is -0.753. The summed E-state index contributed by atoms with van der Waals surface area (Å²) in [7, 11) is -4.08. The maximum atomic E-state index is 14.0. The van der Waals surface area contributed by atoms with Crippen molar-refractivity contribution in [3.63, 3.8) is 0 Å². The lowest BCUT2D eigenvalue weighted by Gasteiger charge is -2.33. The van der Waals surface area contributed by atoms with Crippen LogP contribution >= 0.6 is 0 Å². The van der Waals surface area contributed by atoms with Gasteiger partial charge in [0.1, 0.15) is 12.6 Å². The zero-order chi connectivity index (χ0) is 28.7. The van der Waals surface area contributed by atoms with Gasteiger partial charge >= 0.3 is 0 Å². The van der Waals surface area contributed by atoms with E-state index in [0.29, 0.717) is 5.69 Å². The SMILES string of the molecule is CC[C@H](C)NC(=O)[C@@H](C)N(Cc1ccc(C)cc1)C(=O)CN(c1cc(C)ccc1C)S(=O)(=O)c1ccccc1. The van der Waals surface area contributed by atoms with Crippen LogP contribution in [0.2, 0.25) is 0 Å². The molecule has 1 N–H and O–H groups in total. The number of aryl methyl sites for hydroxylation is 3. The summed E-state index contributed by atoms with van der Waals surface area (Å²) in [4.78, 5) is 28.7. The molecule has 0 heterocycles. The monoisotopic (exact) mass is 549 g/mol. The molecule has 0 aromatic heterocycles. The van der Waals surface area contributed by atoms with E-state index in [2.05, 4.69) is 5.32 Å². The quantitative estimate of drug-likeness (QED) is 0.359. The minimum atomic E-state index is -4.08. The average molecular weight is 550 g/mol. The van der Waals surface area contributed by atoms with E-state index in [1.165, 1.54) is 17.0 Å². The number of carbonyl (C=O) groups excluding carboxylic acids is 2. The number of benzene rings is 3. The molecule has 0 fully saturated rings. The molecular formula is C31H39N3O4S. The van der Waals surface area contributed by atoms with Gasteiger partial charge in [-0.25, -0.2) is 8.42 Å². The lowest BCUT2D eigenvalue weighted by molar-refractivity contribution is -0.139. The predicted octanol–water partition coefficient (Wildman–Crippen LogP) is 5.14. The molecule has 0 radical (unpaired) electrons.